The van der Waals surface area contributed by atoms with Gasteiger partial charge in [0, 0.05) is 5.56 Å². The molecule has 0 unspecified atom stereocenters. The highest BCUT2D eigenvalue weighted by molar-refractivity contribution is 5.69. The minimum Gasteiger partial charge on any atom is -0.444 e. The van der Waals surface area contributed by atoms with Gasteiger partial charge in [0.1, 0.15) is 11.1 Å². The molecule has 1 aliphatic carbocycles. The fraction of sp³-hybridized carbons (Fsp3) is 0.471. The van der Waals surface area contributed by atoms with Gasteiger partial charge in [0.2, 0.25) is 5.82 Å². The number of halogens is 3. The van der Waals surface area contributed by atoms with Crippen molar-refractivity contribution in [3.05, 3.63) is 35.7 Å². The third-order valence-electron chi connectivity index (χ3n) is 3.80. The lowest BCUT2D eigenvalue weighted by molar-refractivity contribution is -0.137. The van der Waals surface area contributed by atoms with Gasteiger partial charge in [-0.15, -0.1) is 0 Å². The van der Waals surface area contributed by atoms with Crippen LogP contribution < -0.4 is 5.32 Å². The Kier molecular flexibility index (Phi) is 4.20. The summed E-state index contributed by atoms with van der Waals surface area (Å²) in [5.41, 5.74) is -1.78. The largest absolute Gasteiger partial charge is 0.444 e. The number of alkyl halides is 3. The molecule has 1 heterocycles. The molecule has 26 heavy (non-hydrogen) atoms. The zero-order valence-electron chi connectivity index (χ0n) is 14.5. The standard InChI is InChI=1S/C17H18F3N3O3/c1-15(2,3)25-14(24)22-16(8-9-16)13-21-12(23-26-13)10-4-6-11(7-5-10)17(18,19)20/h4-7H,8-9H2,1-3H3,(H,22,24). The molecule has 0 aliphatic heterocycles. The quantitative estimate of drug-likeness (QED) is 0.874. The Morgan fingerprint density at radius 3 is 2.31 bits per heavy atom. The van der Waals surface area contributed by atoms with Gasteiger partial charge in [-0.2, -0.15) is 18.2 Å². The van der Waals surface area contributed by atoms with Crippen molar-refractivity contribution in [1.82, 2.24) is 15.5 Å². The maximum Gasteiger partial charge on any atom is 0.416 e. The van der Waals surface area contributed by atoms with E-state index in [1.807, 2.05) is 0 Å². The third-order valence-corrected chi connectivity index (χ3v) is 3.80. The van der Waals surface area contributed by atoms with Crippen molar-refractivity contribution < 1.29 is 27.2 Å². The van der Waals surface area contributed by atoms with E-state index in [-0.39, 0.29) is 11.7 Å². The van der Waals surface area contributed by atoms with Gasteiger partial charge in [-0.25, -0.2) is 4.79 Å². The smallest absolute Gasteiger partial charge is 0.416 e. The number of nitrogens with zero attached hydrogens (tertiary/aromatic N) is 2. The summed E-state index contributed by atoms with van der Waals surface area (Å²) in [4.78, 5) is 16.2. The first-order valence-electron chi connectivity index (χ1n) is 8.02. The molecule has 1 amide bonds. The number of alkyl carbamates (subject to hydrolysis) is 1. The van der Waals surface area contributed by atoms with E-state index >= 15 is 0 Å². The van der Waals surface area contributed by atoms with E-state index in [9.17, 15) is 18.0 Å². The van der Waals surface area contributed by atoms with Crippen LogP contribution in [0.1, 0.15) is 45.1 Å². The van der Waals surface area contributed by atoms with E-state index in [2.05, 4.69) is 15.5 Å². The lowest BCUT2D eigenvalue weighted by Crippen LogP contribution is -2.39. The monoisotopic (exact) mass is 369 g/mol. The number of hydrogen-bond acceptors (Lipinski definition) is 5. The predicted molar refractivity (Wildman–Crippen MR) is 85.0 cm³/mol. The van der Waals surface area contributed by atoms with Crippen LogP contribution in [0.5, 0.6) is 0 Å². The molecule has 140 valence electrons. The van der Waals surface area contributed by atoms with E-state index < -0.39 is 29.0 Å². The molecule has 3 rings (SSSR count). The molecule has 1 fully saturated rings. The average Bonchev–Trinajstić information content (AvgIpc) is 3.09. The summed E-state index contributed by atoms with van der Waals surface area (Å²) in [6.45, 7) is 5.25. The molecular weight excluding hydrogens is 351 g/mol. The number of amides is 1. The third kappa shape index (κ3) is 3.97. The number of nitrogens with one attached hydrogen (secondary N) is 1. The van der Waals surface area contributed by atoms with Crippen LogP contribution in [-0.2, 0) is 16.5 Å². The Bertz CT molecular complexity index is 803. The normalized spacial score (nSPS) is 16.2. The van der Waals surface area contributed by atoms with E-state index in [0.717, 1.165) is 12.1 Å². The second-order valence-electron chi connectivity index (χ2n) is 7.21. The SMILES string of the molecule is CC(C)(C)OC(=O)NC1(c2nc(-c3ccc(C(F)(F)F)cc3)no2)CC1. The minimum atomic E-state index is -4.41. The summed E-state index contributed by atoms with van der Waals surface area (Å²) in [5.74, 6) is 0.365. The number of rotatable bonds is 3. The Morgan fingerprint density at radius 2 is 1.81 bits per heavy atom. The molecule has 1 aliphatic rings. The van der Waals surface area contributed by atoms with Crippen molar-refractivity contribution in [2.24, 2.45) is 0 Å². The minimum absolute atomic E-state index is 0.158. The molecule has 0 radical (unpaired) electrons. The number of aromatic nitrogens is 2. The highest BCUT2D eigenvalue weighted by Gasteiger charge is 2.51. The summed E-state index contributed by atoms with van der Waals surface area (Å²) in [6.07, 6.45) is -3.78. The molecule has 0 spiro atoms. The van der Waals surface area contributed by atoms with Gasteiger partial charge in [-0.05, 0) is 45.7 Å². The van der Waals surface area contributed by atoms with Crippen molar-refractivity contribution >= 4 is 6.09 Å². The molecule has 2 aromatic rings. The van der Waals surface area contributed by atoms with E-state index in [1.54, 1.807) is 20.8 Å². The van der Waals surface area contributed by atoms with Gasteiger partial charge >= 0.3 is 12.3 Å². The van der Waals surface area contributed by atoms with Crippen molar-refractivity contribution in [2.45, 2.75) is 50.9 Å². The Morgan fingerprint density at radius 1 is 1.19 bits per heavy atom. The highest BCUT2D eigenvalue weighted by atomic mass is 19.4. The van der Waals surface area contributed by atoms with Crippen molar-refractivity contribution in [1.29, 1.82) is 0 Å². The Hall–Kier alpha value is -2.58. The van der Waals surface area contributed by atoms with Crippen LogP contribution in [0.4, 0.5) is 18.0 Å². The van der Waals surface area contributed by atoms with Gasteiger partial charge in [0.05, 0.1) is 5.56 Å². The van der Waals surface area contributed by atoms with Gasteiger partial charge < -0.3 is 14.6 Å². The van der Waals surface area contributed by atoms with Crippen molar-refractivity contribution in [2.75, 3.05) is 0 Å². The van der Waals surface area contributed by atoms with Gasteiger partial charge in [-0.1, -0.05) is 17.3 Å². The Balaban J connectivity index is 1.74. The predicted octanol–water partition coefficient (Wildman–Crippen LogP) is 4.27. The molecule has 1 saturated carbocycles. The summed E-state index contributed by atoms with van der Waals surface area (Å²) in [5, 5.41) is 6.53. The molecule has 0 atom stereocenters. The van der Waals surface area contributed by atoms with Crippen LogP contribution in [0, 0.1) is 0 Å². The van der Waals surface area contributed by atoms with Crippen LogP contribution >= 0.6 is 0 Å². The van der Waals surface area contributed by atoms with Crippen LogP contribution in [0.25, 0.3) is 11.4 Å². The van der Waals surface area contributed by atoms with E-state index in [0.29, 0.717) is 18.4 Å². The van der Waals surface area contributed by atoms with Gasteiger partial charge in [0.15, 0.2) is 0 Å². The number of ether oxygens (including phenoxy) is 1. The summed E-state index contributed by atoms with van der Waals surface area (Å²) in [7, 11) is 0. The lowest BCUT2D eigenvalue weighted by Gasteiger charge is -2.21. The average molecular weight is 369 g/mol. The fourth-order valence-corrected chi connectivity index (χ4v) is 2.36. The summed E-state index contributed by atoms with van der Waals surface area (Å²) >= 11 is 0. The number of carbonyl (C=O) groups excluding carboxylic acids is 1. The second-order valence-corrected chi connectivity index (χ2v) is 7.21. The molecule has 6 nitrogen and oxygen atoms in total. The first kappa shape index (κ1) is 18.2. The van der Waals surface area contributed by atoms with Crippen molar-refractivity contribution in [3.63, 3.8) is 0 Å². The maximum absolute atomic E-state index is 12.6. The first-order valence-corrected chi connectivity index (χ1v) is 8.02. The summed E-state index contributed by atoms with van der Waals surface area (Å²) < 4.78 is 48.3. The summed E-state index contributed by atoms with van der Waals surface area (Å²) in [6, 6.07) is 4.46. The zero-order chi connectivity index (χ0) is 19.2. The van der Waals surface area contributed by atoms with Crippen molar-refractivity contribution in [3.8, 4) is 11.4 Å². The topological polar surface area (TPSA) is 77.2 Å². The molecule has 0 bridgehead atoms. The van der Waals surface area contributed by atoms with Crippen LogP contribution in [0.15, 0.2) is 28.8 Å². The van der Waals surface area contributed by atoms with Gasteiger partial charge in [0.25, 0.3) is 5.89 Å². The molecule has 1 aromatic heterocycles. The zero-order valence-corrected chi connectivity index (χ0v) is 14.5. The van der Waals surface area contributed by atoms with Crippen LogP contribution in [0.2, 0.25) is 0 Å². The van der Waals surface area contributed by atoms with E-state index in [4.69, 9.17) is 9.26 Å². The van der Waals surface area contributed by atoms with E-state index in [1.165, 1.54) is 12.1 Å². The Labute approximate surface area is 147 Å². The number of benzene rings is 1. The molecule has 1 aromatic carbocycles. The number of hydrogen-bond donors (Lipinski definition) is 1. The van der Waals surface area contributed by atoms with Crippen LogP contribution in [-0.4, -0.2) is 21.8 Å². The maximum atomic E-state index is 12.6. The second kappa shape index (κ2) is 6.00. The molecule has 1 N–H and O–H groups in total. The molecule has 0 saturated heterocycles. The van der Waals surface area contributed by atoms with Crippen LogP contribution in [0.3, 0.4) is 0 Å². The molecular formula is C17H18F3N3O3. The van der Waals surface area contributed by atoms with Gasteiger partial charge in [-0.3, -0.25) is 0 Å². The lowest BCUT2D eigenvalue weighted by atomic mass is 10.1. The first-order chi connectivity index (χ1) is 12.0. The highest BCUT2D eigenvalue weighted by Crippen LogP contribution is 2.45. The fourth-order valence-electron chi connectivity index (χ4n) is 2.36. The number of carbonyl (C=O) groups is 1. The molecule has 9 heteroatoms.